The summed E-state index contributed by atoms with van der Waals surface area (Å²) in [5.41, 5.74) is 5.47. The van der Waals surface area contributed by atoms with Gasteiger partial charge in [-0.05, 0) is 60.0 Å². The highest BCUT2D eigenvalue weighted by molar-refractivity contribution is 6.30. The Morgan fingerprint density at radius 3 is 2.14 bits per heavy atom. The van der Waals surface area contributed by atoms with Crippen molar-refractivity contribution in [3.05, 3.63) is 136 Å². The molecule has 4 nitrogen and oxygen atoms in total. The predicted octanol–water partition coefficient (Wildman–Crippen LogP) is 6.35. The van der Waals surface area contributed by atoms with Crippen LogP contribution in [0.2, 0.25) is 5.02 Å². The molecule has 4 rings (SSSR count). The quantitative estimate of drug-likeness (QED) is 0.318. The molecule has 0 spiro atoms. The molecule has 4 aromatic carbocycles. The molecule has 4 aromatic rings. The van der Waals surface area contributed by atoms with Crippen LogP contribution in [0.25, 0.3) is 0 Å². The molecule has 5 heteroatoms. The summed E-state index contributed by atoms with van der Waals surface area (Å²) in [6.45, 7) is 2.96. The van der Waals surface area contributed by atoms with Crippen LogP contribution in [0, 0.1) is 6.92 Å². The fourth-order valence-electron chi connectivity index (χ4n) is 3.86. The van der Waals surface area contributed by atoms with Crippen molar-refractivity contribution < 1.29 is 9.59 Å². The van der Waals surface area contributed by atoms with Crippen LogP contribution < -0.4 is 10.2 Å². The Bertz CT molecular complexity index is 1290. The molecule has 0 aromatic heterocycles. The Labute approximate surface area is 211 Å². The third-order valence-corrected chi connectivity index (χ3v) is 5.96. The van der Waals surface area contributed by atoms with Gasteiger partial charge in [-0.2, -0.15) is 0 Å². The second-order valence-corrected chi connectivity index (χ2v) is 8.93. The largest absolute Gasteiger partial charge is 0.352 e. The summed E-state index contributed by atoms with van der Waals surface area (Å²) < 4.78 is 0. The van der Waals surface area contributed by atoms with Gasteiger partial charge in [0, 0.05) is 22.8 Å². The number of hydrogen-bond donors (Lipinski definition) is 1. The van der Waals surface area contributed by atoms with Crippen molar-refractivity contribution in [2.24, 2.45) is 0 Å². The monoisotopic (exact) mass is 482 g/mol. The lowest BCUT2D eigenvalue weighted by atomic mass is 10.1. The van der Waals surface area contributed by atoms with E-state index in [9.17, 15) is 9.59 Å². The van der Waals surface area contributed by atoms with E-state index in [0.717, 1.165) is 22.4 Å². The van der Waals surface area contributed by atoms with E-state index < -0.39 is 0 Å². The Kier molecular flexibility index (Phi) is 7.96. The molecule has 0 saturated heterocycles. The zero-order valence-corrected chi connectivity index (χ0v) is 20.3. The highest BCUT2D eigenvalue weighted by atomic mass is 35.5. The molecule has 0 atom stereocenters. The van der Waals surface area contributed by atoms with Crippen LogP contribution in [-0.2, 0) is 24.3 Å². The fraction of sp³-hybridized carbons (Fsp3) is 0.133. The van der Waals surface area contributed by atoms with Crippen molar-refractivity contribution in [1.29, 1.82) is 0 Å². The molecular formula is C30H27ClN2O2. The molecule has 2 amide bonds. The Hall–Kier alpha value is -3.89. The number of hydrogen-bond acceptors (Lipinski definition) is 2. The molecular weight excluding hydrogens is 456 g/mol. The van der Waals surface area contributed by atoms with E-state index in [1.807, 2.05) is 79.7 Å². The first kappa shape index (κ1) is 24.2. The number of carbonyl (C=O) groups is 2. The zero-order valence-electron chi connectivity index (χ0n) is 19.6. The van der Waals surface area contributed by atoms with Crippen LogP contribution in [0.3, 0.4) is 0 Å². The van der Waals surface area contributed by atoms with Crippen LogP contribution in [-0.4, -0.2) is 11.8 Å². The third-order valence-electron chi connectivity index (χ3n) is 5.70. The zero-order chi connectivity index (χ0) is 24.6. The Balaban J connectivity index is 1.47. The normalized spacial score (nSPS) is 10.6. The van der Waals surface area contributed by atoms with E-state index in [2.05, 4.69) is 11.4 Å². The van der Waals surface area contributed by atoms with Crippen molar-refractivity contribution in [2.75, 3.05) is 4.90 Å². The number of aryl methyl sites for hydroxylation is 1. The standard InChI is InChI=1S/C30H27ClN2O2/c1-22-6-5-9-25(18-22)20-32-29(34)19-23-10-16-28(17-11-23)33(21-24-7-3-2-4-8-24)30(35)26-12-14-27(31)15-13-26/h2-18H,19-21H2,1H3,(H,32,34). The van der Waals surface area contributed by atoms with Crippen molar-refractivity contribution >= 4 is 29.1 Å². The molecule has 0 unspecified atom stereocenters. The molecule has 1 N–H and O–H groups in total. The minimum atomic E-state index is -0.117. The lowest BCUT2D eigenvalue weighted by molar-refractivity contribution is -0.120. The van der Waals surface area contributed by atoms with Gasteiger partial charge in [0.05, 0.1) is 13.0 Å². The van der Waals surface area contributed by atoms with E-state index >= 15 is 0 Å². The van der Waals surface area contributed by atoms with E-state index in [-0.39, 0.29) is 18.2 Å². The first-order valence-electron chi connectivity index (χ1n) is 11.5. The predicted molar refractivity (Wildman–Crippen MR) is 142 cm³/mol. The van der Waals surface area contributed by atoms with Gasteiger partial charge in [0.2, 0.25) is 5.91 Å². The van der Waals surface area contributed by atoms with Gasteiger partial charge in [0.1, 0.15) is 0 Å². The van der Waals surface area contributed by atoms with Crippen molar-refractivity contribution in [2.45, 2.75) is 26.4 Å². The maximum Gasteiger partial charge on any atom is 0.258 e. The SMILES string of the molecule is Cc1cccc(CNC(=O)Cc2ccc(N(Cc3ccccc3)C(=O)c3ccc(Cl)cc3)cc2)c1. The van der Waals surface area contributed by atoms with Gasteiger partial charge in [0.25, 0.3) is 5.91 Å². The molecule has 0 fully saturated rings. The number of halogens is 1. The summed E-state index contributed by atoms with van der Waals surface area (Å²) in [7, 11) is 0. The van der Waals surface area contributed by atoms with Crippen LogP contribution >= 0.6 is 11.6 Å². The van der Waals surface area contributed by atoms with Crippen LogP contribution in [0.4, 0.5) is 5.69 Å². The first-order valence-corrected chi connectivity index (χ1v) is 11.9. The van der Waals surface area contributed by atoms with Gasteiger partial charge in [-0.3, -0.25) is 9.59 Å². The molecule has 0 bridgehead atoms. The minimum Gasteiger partial charge on any atom is -0.352 e. The average molecular weight is 483 g/mol. The summed E-state index contributed by atoms with van der Waals surface area (Å²) in [6.07, 6.45) is 0.274. The van der Waals surface area contributed by atoms with E-state index in [1.165, 1.54) is 5.56 Å². The van der Waals surface area contributed by atoms with Gasteiger partial charge < -0.3 is 10.2 Å². The lowest BCUT2D eigenvalue weighted by Crippen LogP contribution is -2.30. The number of carbonyl (C=O) groups excluding carboxylic acids is 2. The smallest absolute Gasteiger partial charge is 0.258 e. The van der Waals surface area contributed by atoms with Crippen molar-refractivity contribution in [1.82, 2.24) is 5.32 Å². The molecule has 0 saturated carbocycles. The highest BCUT2D eigenvalue weighted by Gasteiger charge is 2.18. The van der Waals surface area contributed by atoms with Crippen molar-refractivity contribution in [3.63, 3.8) is 0 Å². The maximum absolute atomic E-state index is 13.4. The van der Waals surface area contributed by atoms with Gasteiger partial charge in [0.15, 0.2) is 0 Å². The topological polar surface area (TPSA) is 49.4 Å². The van der Waals surface area contributed by atoms with E-state index in [0.29, 0.717) is 23.7 Å². The summed E-state index contributed by atoms with van der Waals surface area (Å²) >= 11 is 6.01. The lowest BCUT2D eigenvalue weighted by Gasteiger charge is -2.23. The number of benzene rings is 4. The molecule has 0 heterocycles. The molecule has 0 aliphatic rings. The second kappa shape index (κ2) is 11.5. The molecule has 0 aliphatic carbocycles. The second-order valence-electron chi connectivity index (χ2n) is 8.49. The maximum atomic E-state index is 13.4. The minimum absolute atomic E-state index is 0.0439. The first-order chi connectivity index (χ1) is 17.0. The Morgan fingerprint density at radius 2 is 1.46 bits per heavy atom. The summed E-state index contributed by atoms with van der Waals surface area (Å²) in [6, 6.07) is 32.4. The summed E-state index contributed by atoms with van der Waals surface area (Å²) in [5, 5.41) is 3.56. The molecule has 35 heavy (non-hydrogen) atoms. The van der Waals surface area contributed by atoms with E-state index in [1.54, 1.807) is 29.2 Å². The number of anilines is 1. The number of nitrogens with zero attached hydrogens (tertiary/aromatic N) is 1. The number of nitrogens with one attached hydrogen (secondary N) is 1. The van der Waals surface area contributed by atoms with Gasteiger partial charge >= 0.3 is 0 Å². The van der Waals surface area contributed by atoms with Crippen LogP contribution in [0.1, 0.15) is 32.6 Å². The molecule has 0 aliphatic heterocycles. The van der Waals surface area contributed by atoms with Crippen LogP contribution in [0.15, 0.2) is 103 Å². The van der Waals surface area contributed by atoms with Crippen molar-refractivity contribution in [3.8, 4) is 0 Å². The van der Waals surface area contributed by atoms with Gasteiger partial charge in [-0.15, -0.1) is 0 Å². The third kappa shape index (κ3) is 6.81. The highest BCUT2D eigenvalue weighted by Crippen LogP contribution is 2.22. The summed E-state index contributed by atoms with van der Waals surface area (Å²) in [5.74, 6) is -0.160. The Morgan fingerprint density at radius 1 is 0.771 bits per heavy atom. The number of amides is 2. The summed E-state index contributed by atoms with van der Waals surface area (Å²) in [4.78, 5) is 27.6. The molecule has 176 valence electrons. The van der Waals surface area contributed by atoms with Gasteiger partial charge in [-0.1, -0.05) is 83.9 Å². The fourth-order valence-corrected chi connectivity index (χ4v) is 3.99. The van der Waals surface area contributed by atoms with Gasteiger partial charge in [-0.25, -0.2) is 0 Å². The van der Waals surface area contributed by atoms with Crippen LogP contribution in [0.5, 0.6) is 0 Å². The number of rotatable bonds is 8. The molecule has 0 radical (unpaired) electrons. The average Bonchev–Trinajstić information content (AvgIpc) is 2.87. The van der Waals surface area contributed by atoms with E-state index in [4.69, 9.17) is 11.6 Å².